The van der Waals surface area contributed by atoms with Gasteiger partial charge in [-0.25, -0.2) is 5.01 Å². The van der Waals surface area contributed by atoms with Gasteiger partial charge >= 0.3 is 0 Å². The number of nitrogens with zero attached hydrogens (tertiary/aromatic N) is 2. The molecule has 0 unspecified atom stereocenters. The molecule has 0 spiro atoms. The number of unbranched alkanes of at least 4 members (excludes halogenated alkanes) is 1. The molecule has 2 aliphatic heterocycles. The van der Waals surface area contributed by atoms with Crippen molar-refractivity contribution in [3.63, 3.8) is 0 Å². The molecule has 164 valence electrons. The third-order valence-corrected chi connectivity index (χ3v) is 6.04. The molecule has 0 aliphatic carbocycles. The van der Waals surface area contributed by atoms with Crippen molar-refractivity contribution in [2.75, 3.05) is 13.7 Å². The van der Waals surface area contributed by atoms with Gasteiger partial charge in [0.25, 0.3) is 0 Å². The molecule has 2 aliphatic rings. The third kappa shape index (κ3) is 3.79. The first-order valence-electron chi connectivity index (χ1n) is 11.3. The van der Waals surface area contributed by atoms with Crippen LogP contribution in [0.2, 0.25) is 0 Å². The minimum atomic E-state index is -0.338. The Kier molecular flexibility index (Phi) is 5.71. The molecule has 0 saturated heterocycles. The molecule has 5 rings (SSSR count). The lowest BCUT2D eigenvalue weighted by Crippen LogP contribution is -2.33. The van der Waals surface area contributed by atoms with Gasteiger partial charge in [0.15, 0.2) is 11.5 Å². The minimum absolute atomic E-state index is 0.0922. The summed E-state index contributed by atoms with van der Waals surface area (Å²) in [6.07, 6.45) is 2.65. The second-order valence-electron chi connectivity index (χ2n) is 8.13. The Morgan fingerprint density at radius 2 is 1.81 bits per heavy atom. The van der Waals surface area contributed by atoms with Crippen molar-refractivity contribution in [2.45, 2.75) is 38.5 Å². The van der Waals surface area contributed by atoms with Crippen molar-refractivity contribution in [2.24, 2.45) is 5.10 Å². The van der Waals surface area contributed by atoms with Crippen LogP contribution < -0.4 is 14.2 Å². The zero-order valence-electron chi connectivity index (χ0n) is 18.5. The topological polar surface area (TPSA) is 43.3 Å². The number of hydrazone groups is 1. The van der Waals surface area contributed by atoms with Crippen LogP contribution in [0.15, 0.2) is 77.9 Å². The summed E-state index contributed by atoms with van der Waals surface area (Å²) in [5.74, 6) is 2.43. The lowest BCUT2D eigenvalue weighted by molar-refractivity contribution is -0.0209. The fraction of sp³-hybridized carbons (Fsp3) is 0.296. The molecule has 0 aromatic heterocycles. The van der Waals surface area contributed by atoms with E-state index >= 15 is 0 Å². The molecular weight excluding hydrogens is 400 g/mol. The Morgan fingerprint density at radius 3 is 2.56 bits per heavy atom. The fourth-order valence-corrected chi connectivity index (χ4v) is 4.33. The lowest BCUT2D eigenvalue weighted by Gasteiger charge is -2.38. The van der Waals surface area contributed by atoms with Gasteiger partial charge in [-0.2, -0.15) is 5.10 Å². The van der Waals surface area contributed by atoms with E-state index in [1.165, 1.54) is 0 Å². The number of hydrogen-bond donors (Lipinski definition) is 0. The first kappa shape index (κ1) is 20.4. The van der Waals surface area contributed by atoms with Crippen molar-refractivity contribution >= 4 is 5.71 Å². The highest BCUT2D eigenvalue weighted by atomic mass is 16.5. The van der Waals surface area contributed by atoms with Gasteiger partial charge in [-0.3, -0.25) is 0 Å². The number of para-hydroxylation sites is 1. The summed E-state index contributed by atoms with van der Waals surface area (Å²) in [4.78, 5) is 0. The molecule has 5 heteroatoms. The standard InChI is InChI=1S/C27H28N2O3/c1-3-4-17-31-21-15-13-20(14-16-21)27-29-24(18-23(28-29)19-9-6-5-7-10-19)22-11-8-12-25(30-2)26(22)32-27/h5-16,24,27H,3-4,17-18H2,1-2H3/t24-,27-/m0/s1. The Balaban J connectivity index is 1.50. The Labute approximate surface area is 189 Å². The maximum Gasteiger partial charge on any atom is 0.214 e. The van der Waals surface area contributed by atoms with Crippen LogP contribution in [0.1, 0.15) is 55.1 Å². The summed E-state index contributed by atoms with van der Waals surface area (Å²) in [5, 5.41) is 7.12. The minimum Gasteiger partial charge on any atom is -0.494 e. The highest BCUT2D eigenvalue weighted by Crippen LogP contribution is 2.50. The molecule has 0 amide bonds. The highest BCUT2D eigenvalue weighted by molar-refractivity contribution is 6.01. The van der Waals surface area contributed by atoms with Crippen molar-refractivity contribution in [1.29, 1.82) is 0 Å². The summed E-state index contributed by atoms with van der Waals surface area (Å²) in [6.45, 7) is 2.90. The molecule has 5 nitrogen and oxygen atoms in total. The third-order valence-electron chi connectivity index (χ3n) is 6.04. The van der Waals surface area contributed by atoms with E-state index in [4.69, 9.17) is 19.3 Å². The van der Waals surface area contributed by atoms with Crippen LogP contribution in [0, 0.1) is 0 Å². The van der Waals surface area contributed by atoms with Crippen molar-refractivity contribution < 1.29 is 14.2 Å². The van der Waals surface area contributed by atoms with Gasteiger partial charge in [-0.1, -0.05) is 55.8 Å². The summed E-state index contributed by atoms with van der Waals surface area (Å²) >= 11 is 0. The molecule has 32 heavy (non-hydrogen) atoms. The van der Waals surface area contributed by atoms with Gasteiger partial charge in [0.2, 0.25) is 6.23 Å². The number of rotatable bonds is 7. The van der Waals surface area contributed by atoms with E-state index in [1.807, 2.05) is 30.3 Å². The smallest absolute Gasteiger partial charge is 0.214 e. The average Bonchev–Trinajstić information content (AvgIpc) is 3.30. The van der Waals surface area contributed by atoms with Crippen molar-refractivity contribution in [1.82, 2.24) is 5.01 Å². The molecule has 3 aromatic rings. The van der Waals surface area contributed by atoms with E-state index in [0.29, 0.717) is 0 Å². The first-order chi connectivity index (χ1) is 15.8. The van der Waals surface area contributed by atoms with Gasteiger partial charge < -0.3 is 14.2 Å². The van der Waals surface area contributed by atoms with E-state index in [9.17, 15) is 0 Å². The lowest BCUT2D eigenvalue weighted by atomic mass is 9.95. The van der Waals surface area contributed by atoms with Gasteiger partial charge in [0.05, 0.1) is 25.5 Å². The number of hydrogen-bond acceptors (Lipinski definition) is 5. The van der Waals surface area contributed by atoms with Crippen LogP contribution in [-0.2, 0) is 0 Å². The predicted octanol–water partition coefficient (Wildman–Crippen LogP) is 6.12. The van der Waals surface area contributed by atoms with E-state index in [2.05, 4.69) is 54.4 Å². The SMILES string of the molecule is CCCCOc1ccc([C@@H]2Oc3c(OC)cccc3[C@@H]3CC(c4ccccc4)=NN32)cc1. The summed E-state index contributed by atoms with van der Waals surface area (Å²) in [5.41, 5.74) is 4.35. The predicted molar refractivity (Wildman–Crippen MR) is 125 cm³/mol. The van der Waals surface area contributed by atoms with Crippen LogP contribution in [0.4, 0.5) is 0 Å². The Bertz CT molecular complexity index is 1100. The molecule has 0 saturated carbocycles. The molecular formula is C27H28N2O3. The zero-order chi connectivity index (χ0) is 21.9. The van der Waals surface area contributed by atoms with Gasteiger partial charge in [-0.05, 0) is 42.3 Å². The maximum atomic E-state index is 6.53. The zero-order valence-corrected chi connectivity index (χ0v) is 18.5. The largest absolute Gasteiger partial charge is 0.494 e. The normalized spacial score (nSPS) is 18.9. The molecule has 3 aromatic carbocycles. The van der Waals surface area contributed by atoms with E-state index in [0.717, 1.165) is 65.5 Å². The quantitative estimate of drug-likeness (QED) is 0.426. The van der Waals surface area contributed by atoms with E-state index in [1.54, 1.807) is 7.11 Å². The first-order valence-corrected chi connectivity index (χ1v) is 11.3. The highest BCUT2D eigenvalue weighted by Gasteiger charge is 2.42. The summed E-state index contributed by atoms with van der Waals surface area (Å²) in [6, 6.07) is 24.7. The molecule has 0 radical (unpaired) electrons. The van der Waals surface area contributed by atoms with Gasteiger partial charge in [-0.15, -0.1) is 0 Å². The van der Waals surface area contributed by atoms with Crippen molar-refractivity contribution in [3.8, 4) is 17.2 Å². The average molecular weight is 429 g/mol. The van der Waals surface area contributed by atoms with Gasteiger partial charge in [0, 0.05) is 17.5 Å². The molecule has 0 N–H and O–H groups in total. The Morgan fingerprint density at radius 1 is 1.00 bits per heavy atom. The van der Waals surface area contributed by atoms with Crippen LogP contribution in [0.5, 0.6) is 17.2 Å². The maximum absolute atomic E-state index is 6.53. The second kappa shape index (κ2) is 8.95. The van der Waals surface area contributed by atoms with Crippen LogP contribution >= 0.6 is 0 Å². The number of methoxy groups -OCH3 is 1. The van der Waals surface area contributed by atoms with Gasteiger partial charge in [0.1, 0.15) is 5.75 Å². The summed E-state index contributed by atoms with van der Waals surface area (Å²) < 4.78 is 18.0. The number of ether oxygens (including phenoxy) is 3. The molecule has 2 atom stereocenters. The van der Waals surface area contributed by atoms with Crippen LogP contribution in [-0.4, -0.2) is 24.4 Å². The second-order valence-corrected chi connectivity index (χ2v) is 8.13. The van der Waals surface area contributed by atoms with Crippen LogP contribution in [0.25, 0.3) is 0 Å². The monoisotopic (exact) mass is 428 g/mol. The van der Waals surface area contributed by atoms with Crippen molar-refractivity contribution in [3.05, 3.63) is 89.5 Å². The number of benzene rings is 3. The van der Waals surface area contributed by atoms with Crippen LogP contribution in [0.3, 0.4) is 0 Å². The molecule has 2 heterocycles. The Hall–Kier alpha value is -3.47. The summed E-state index contributed by atoms with van der Waals surface area (Å²) in [7, 11) is 1.68. The number of fused-ring (bicyclic) bond motifs is 3. The van der Waals surface area contributed by atoms with E-state index < -0.39 is 0 Å². The molecule has 0 bridgehead atoms. The molecule has 0 fully saturated rings. The fourth-order valence-electron chi connectivity index (χ4n) is 4.33. The van der Waals surface area contributed by atoms with E-state index in [-0.39, 0.29) is 12.3 Å².